The Balaban J connectivity index is 3.12. The molecule has 0 fully saturated rings. The number of nitrogens with one attached hydrogen (secondary N) is 1. The number of amides is 2. The van der Waals surface area contributed by atoms with Crippen LogP contribution in [0.2, 0.25) is 0 Å². The van der Waals surface area contributed by atoms with Gasteiger partial charge in [-0.2, -0.15) is 0 Å². The van der Waals surface area contributed by atoms with Gasteiger partial charge in [-0.1, -0.05) is 110 Å². The molecule has 0 aromatic rings. The van der Waals surface area contributed by atoms with E-state index in [1.54, 1.807) is 0 Å². The topological polar surface area (TPSA) is 404 Å². The second-order valence-corrected chi connectivity index (χ2v) is 30.0. The number of ether oxygens (including phenoxy) is 36. The number of rotatable bonds is 129. The van der Waals surface area contributed by atoms with E-state index >= 15 is 0 Å². The number of unbranched alkanes of at least 4 members (excludes halogenated alkanes) is 16. The predicted octanol–water partition coefficient (Wildman–Crippen LogP) is 6.62. The zero-order chi connectivity index (χ0) is 96.4. The molecule has 0 aliphatic carbocycles. The molecule has 0 aliphatic heterocycles. The zero-order valence-electron chi connectivity index (χ0n) is 83.6. The smallest absolute Gasteiger partial charge is 0.220 e. The summed E-state index contributed by atoms with van der Waals surface area (Å²) in [6.07, 6.45) is 23.5. The van der Waals surface area contributed by atoms with Gasteiger partial charge in [-0.05, 0) is 6.42 Å². The minimum Gasteiger partial charge on any atom is -0.379 e. The van der Waals surface area contributed by atoms with Crippen LogP contribution in [-0.2, 0) is 180 Å². The van der Waals surface area contributed by atoms with Crippen molar-refractivity contribution in [3.05, 3.63) is 0 Å². The van der Waals surface area contributed by atoms with Crippen molar-refractivity contribution >= 4 is 11.8 Å². The summed E-state index contributed by atoms with van der Waals surface area (Å²) in [7, 11) is 0. The van der Waals surface area contributed by atoms with Gasteiger partial charge in [0.2, 0.25) is 11.8 Å². The SMILES string of the molecule is CCCCCCCCCCCCCCCCCCCC(=O)NCCOCCOCCOCCOCCOCCOCCOCCOCCOCCOCCOCCOCCOCCOCCOCCOCCOCCOCCOCCOCCOCCOCCOCCOCCOCCOCCOCCOCCOCCOCCOCCOCCOCCOCCOCCOCCC(N)=O. The first-order chi connectivity index (χ1) is 67.2. The van der Waals surface area contributed by atoms with Gasteiger partial charge in [-0.15, -0.1) is 0 Å². The summed E-state index contributed by atoms with van der Waals surface area (Å²) >= 11 is 0. The minimum absolute atomic E-state index is 0.112. The van der Waals surface area contributed by atoms with Crippen LogP contribution in [0.25, 0.3) is 0 Å². The molecule has 0 heterocycles. The van der Waals surface area contributed by atoms with Gasteiger partial charge in [0.25, 0.3) is 0 Å². The maximum Gasteiger partial charge on any atom is 0.220 e. The Morgan fingerprint density at radius 2 is 0.244 bits per heavy atom. The third kappa shape index (κ3) is 129. The van der Waals surface area contributed by atoms with Crippen molar-refractivity contribution in [2.75, 3.05) is 482 Å². The Morgan fingerprint density at radius 3 is 0.363 bits per heavy atom. The summed E-state index contributed by atoms with van der Waals surface area (Å²) in [5.74, 6) is -0.270. The largest absolute Gasteiger partial charge is 0.379 e. The molecule has 0 saturated heterocycles. The molecule has 40 nitrogen and oxygen atoms in total. The number of primary amides is 1. The first kappa shape index (κ1) is 132. The van der Waals surface area contributed by atoms with Gasteiger partial charge < -0.3 is 182 Å². The van der Waals surface area contributed by atoms with Gasteiger partial charge >= 0.3 is 0 Å². The molecule has 40 heteroatoms. The third-order valence-electron chi connectivity index (χ3n) is 18.6. The number of hydrogen-bond acceptors (Lipinski definition) is 38. The number of carbonyl (C=O) groups is 2. The molecule has 0 aliphatic rings. The van der Waals surface area contributed by atoms with E-state index < -0.39 is 0 Å². The Kier molecular flexibility index (Phi) is 125. The molecule has 0 aromatic heterocycles. The maximum atomic E-state index is 12.1. The maximum absolute atomic E-state index is 12.1. The van der Waals surface area contributed by atoms with Crippen molar-refractivity contribution in [1.29, 1.82) is 0 Å². The van der Waals surface area contributed by atoms with Crippen molar-refractivity contribution in [3.63, 3.8) is 0 Å². The van der Waals surface area contributed by atoms with Crippen LogP contribution in [0.15, 0.2) is 0 Å². The first-order valence-corrected chi connectivity index (χ1v) is 50.5. The third-order valence-corrected chi connectivity index (χ3v) is 18.6. The van der Waals surface area contributed by atoms with E-state index in [9.17, 15) is 9.59 Å². The van der Waals surface area contributed by atoms with Crippen LogP contribution in [0, 0.1) is 0 Å². The van der Waals surface area contributed by atoms with Crippen LogP contribution >= 0.6 is 0 Å². The fourth-order valence-corrected chi connectivity index (χ4v) is 11.3. The second-order valence-electron chi connectivity index (χ2n) is 30.0. The molecule has 0 radical (unpaired) electrons. The lowest BCUT2D eigenvalue weighted by Crippen LogP contribution is -2.27. The van der Waals surface area contributed by atoms with Crippen molar-refractivity contribution in [3.8, 4) is 0 Å². The van der Waals surface area contributed by atoms with Gasteiger partial charge in [-0.3, -0.25) is 9.59 Å². The molecular weight excluding hydrogens is 1780 g/mol. The highest BCUT2D eigenvalue weighted by Crippen LogP contribution is 2.15. The Labute approximate surface area is 810 Å². The lowest BCUT2D eigenvalue weighted by molar-refractivity contribution is -0.121. The van der Waals surface area contributed by atoms with Crippen LogP contribution < -0.4 is 11.1 Å². The summed E-state index contributed by atoms with van der Waals surface area (Å²) in [5.41, 5.74) is 5.04. The van der Waals surface area contributed by atoms with Crippen LogP contribution in [0.3, 0.4) is 0 Å². The van der Waals surface area contributed by atoms with Crippen LogP contribution in [0.1, 0.15) is 129 Å². The van der Waals surface area contributed by atoms with Gasteiger partial charge in [0.15, 0.2) is 0 Å². The Hall–Kier alpha value is -2.50. The van der Waals surface area contributed by atoms with E-state index in [1.807, 2.05) is 0 Å². The van der Waals surface area contributed by atoms with Gasteiger partial charge in [0, 0.05) is 19.4 Å². The van der Waals surface area contributed by atoms with Crippen molar-refractivity contribution in [2.45, 2.75) is 129 Å². The number of nitrogens with two attached hydrogens (primary N) is 1. The molecule has 0 aromatic carbocycles. The Bertz CT molecular complexity index is 2090. The predicted molar refractivity (Wildman–Crippen MR) is 505 cm³/mol. The normalized spacial score (nSPS) is 11.8. The van der Waals surface area contributed by atoms with Crippen molar-refractivity contribution < 1.29 is 180 Å². The molecule has 0 saturated carbocycles. The molecule has 2 amide bonds. The molecule has 0 spiro atoms. The van der Waals surface area contributed by atoms with Gasteiger partial charge in [-0.25, -0.2) is 0 Å². The van der Waals surface area contributed by atoms with E-state index in [-0.39, 0.29) is 18.2 Å². The van der Waals surface area contributed by atoms with Crippen molar-refractivity contribution in [1.82, 2.24) is 5.32 Å². The lowest BCUT2D eigenvalue weighted by atomic mass is 10.0. The summed E-state index contributed by atoms with van der Waals surface area (Å²) < 4.78 is 199. The molecule has 0 bridgehead atoms. The van der Waals surface area contributed by atoms with E-state index in [1.165, 1.54) is 96.3 Å². The summed E-state index contributed by atoms with van der Waals surface area (Å²) in [6, 6.07) is 0. The molecule has 808 valence electrons. The highest BCUT2D eigenvalue weighted by atomic mass is 16.6. The second kappa shape index (κ2) is 128. The fraction of sp³-hybridized carbons (Fsp3) is 0.979. The standard InChI is InChI=1S/C95H190N2O38/c1-2-3-4-5-6-7-8-9-10-11-12-13-14-15-16-17-18-19-95(99)97-21-23-101-25-27-103-29-31-105-33-35-107-37-39-109-41-43-111-45-47-113-49-51-115-53-55-117-57-59-119-61-63-121-65-67-123-69-71-125-73-75-127-77-79-129-81-83-131-85-87-133-89-91-135-93-92-134-90-88-132-86-84-130-82-80-128-78-76-126-74-72-124-70-68-122-66-64-120-62-60-118-58-56-116-54-52-114-50-48-112-46-44-110-42-40-108-38-36-106-34-32-104-30-28-102-26-24-100-22-20-94(96)98/h2-93H2,1H3,(H2,96,98)(H,97,99). The zero-order valence-corrected chi connectivity index (χ0v) is 83.6. The quantitative estimate of drug-likeness (QED) is 0.0604. The monoisotopic (exact) mass is 1970 g/mol. The molecule has 0 atom stereocenters. The average molecular weight is 1970 g/mol. The summed E-state index contributed by atoms with van der Waals surface area (Å²) in [6.45, 7) is 36.8. The molecule has 0 unspecified atom stereocenters. The minimum atomic E-state index is -0.382. The average Bonchev–Trinajstić information content (AvgIpc) is 1.04. The van der Waals surface area contributed by atoms with Gasteiger partial charge in [0.05, 0.1) is 476 Å². The van der Waals surface area contributed by atoms with Gasteiger partial charge in [0.1, 0.15) is 0 Å². The molecule has 3 N–H and O–H groups in total. The number of hydrogen-bond donors (Lipinski definition) is 2. The highest BCUT2D eigenvalue weighted by molar-refractivity contribution is 5.75. The summed E-state index contributed by atoms with van der Waals surface area (Å²) in [4.78, 5) is 22.7. The Morgan fingerprint density at radius 1 is 0.141 bits per heavy atom. The van der Waals surface area contributed by atoms with Crippen LogP contribution in [-0.4, -0.2) is 494 Å². The number of carbonyl (C=O) groups excluding carboxylic acids is 2. The fourth-order valence-electron chi connectivity index (χ4n) is 11.3. The molecule has 0 rings (SSSR count). The first-order valence-electron chi connectivity index (χ1n) is 50.5. The lowest BCUT2D eigenvalue weighted by Gasteiger charge is -2.09. The summed E-state index contributed by atoms with van der Waals surface area (Å²) in [5, 5.41) is 2.95. The van der Waals surface area contributed by atoms with E-state index in [0.717, 1.165) is 12.8 Å². The van der Waals surface area contributed by atoms with Crippen molar-refractivity contribution in [2.24, 2.45) is 5.73 Å². The molecule has 135 heavy (non-hydrogen) atoms. The van der Waals surface area contributed by atoms with Crippen LogP contribution in [0.5, 0.6) is 0 Å². The van der Waals surface area contributed by atoms with Crippen LogP contribution in [0.4, 0.5) is 0 Å². The molecular formula is C95H190N2O38. The van der Waals surface area contributed by atoms with E-state index in [2.05, 4.69) is 12.2 Å². The van der Waals surface area contributed by atoms with E-state index in [4.69, 9.17) is 176 Å². The van der Waals surface area contributed by atoms with E-state index in [0.29, 0.717) is 489 Å². The highest BCUT2D eigenvalue weighted by Gasteiger charge is 2.07.